The predicted octanol–water partition coefficient (Wildman–Crippen LogP) is -0.527. The first-order valence-electron chi connectivity index (χ1n) is 10.4. The molecule has 2 saturated heterocycles. The maximum absolute atomic E-state index is 12.5. The molecule has 0 aromatic carbocycles. The minimum atomic E-state index is -3.24. The lowest BCUT2D eigenvalue weighted by Crippen LogP contribution is -2.54. The number of sulfonamides is 1. The molecule has 2 heterocycles. The van der Waals surface area contributed by atoms with E-state index in [0.29, 0.717) is 19.6 Å². The van der Waals surface area contributed by atoms with Crippen LogP contribution in [-0.2, 0) is 14.8 Å². The maximum Gasteiger partial charge on any atom is 0.234 e. The number of rotatable bonds is 8. The van der Waals surface area contributed by atoms with Crippen LogP contribution in [-0.4, -0.2) is 117 Å². The highest BCUT2D eigenvalue weighted by molar-refractivity contribution is 7.99. The second kappa shape index (κ2) is 12.0. The highest BCUT2D eigenvalue weighted by atomic mass is 32.2. The van der Waals surface area contributed by atoms with E-state index in [0.717, 1.165) is 50.2 Å². The molecule has 0 aliphatic carbocycles. The Morgan fingerprint density at radius 3 is 2.34 bits per heavy atom. The highest BCUT2D eigenvalue weighted by Crippen LogP contribution is 2.13. The summed E-state index contributed by atoms with van der Waals surface area (Å²) < 4.78 is 26.6. The van der Waals surface area contributed by atoms with Gasteiger partial charge in [-0.05, 0) is 20.8 Å². The highest BCUT2D eigenvalue weighted by Gasteiger charge is 2.24. The zero-order valence-corrected chi connectivity index (χ0v) is 19.5. The van der Waals surface area contributed by atoms with Gasteiger partial charge in [-0.15, -0.1) is 0 Å². The molecule has 168 valence electrons. The number of amides is 1. The molecule has 2 fully saturated rings. The van der Waals surface area contributed by atoms with Crippen LogP contribution in [0.25, 0.3) is 0 Å². The second-order valence-electron chi connectivity index (χ2n) is 7.55. The number of thioether (sulfide) groups is 1. The Labute approximate surface area is 179 Å². The summed E-state index contributed by atoms with van der Waals surface area (Å²) in [6.45, 7) is 11.6. The summed E-state index contributed by atoms with van der Waals surface area (Å²) in [4.78, 5) is 20.8. The molecule has 2 N–H and O–H groups in total. The molecule has 1 amide bonds. The first-order valence-corrected chi connectivity index (χ1v) is 13.2. The average Bonchev–Trinajstić information content (AvgIpc) is 2.68. The number of aliphatic imine (C=N–C) groups is 1. The zero-order valence-electron chi connectivity index (χ0n) is 17.9. The summed E-state index contributed by atoms with van der Waals surface area (Å²) in [5, 5.41) is 6.19. The monoisotopic (exact) mass is 448 g/mol. The molecular weight excluding hydrogens is 412 g/mol. The minimum absolute atomic E-state index is 0.0436. The van der Waals surface area contributed by atoms with Gasteiger partial charge in [0, 0.05) is 63.4 Å². The Hall–Kier alpha value is -1.04. The molecule has 9 nitrogen and oxygen atoms in total. The number of hydrogen-bond acceptors (Lipinski definition) is 6. The van der Waals surface area contributed by atoms with Crippen molar-refractivity contribution in [2.75, 3.05) is 76.2 Å². The third-order valence-corrected chi connectivity index (χ3v) is 7.59. The van der Waals surface area contributed by atoms with Crippen molar-refractivity contribution in [3.63, 3.8) is 0 Å². The van der Waals surface area contributed by atoms with E-state index in [2.05, 4.69) is 25.4 Å². The fourth-order valence-corrected chi connectivity index (χ4v) is 5.79. The Balaban J connectivity index is 1.83. The summed E-state index contributed by atoms with van der Waals surface area (Å²) in [7, 11) is -3.24. The molecule has 0 aromatic rings. The number of hydrogen-bond donors (Lipinski definition) is 2. The van der Waals surface area contributed by atoms with Crippen LogP contribution >= 0.6 is 11.8 Å². The van der Waals surface area contributed by atoms with Gasteiger partial charge in [-0.25, -0.2) is 12.7 Å². The first kappa shape index (κ1) is 24.2. The molecule has 2 aliphatic rings. The third kappa shape index (κ3) is 8.31. The Morgan fingerprint density at radius 1 is 1.10 bits per heavy atom. The Bertz CT molecular complexity index is 642. The van der Waals surface area contributed by atoms with Crippen LogP contribution in [0.1, 0.15) is 20.8 Å². The summed E-state index contributed by atoms with van der Waals surface area (Å²) in [5.74, 6) is 2.58. The predicted molar refractivity (Wildman–Crippen MR) is 120 cm³/mol. The van der Waals surface area contributed by atoms with Crippen LogP contribution in [0.15, 0.2) is 4.99 Å². The van der Waals surface area contributed by atoms with Crippen molar-refractivity contribution in [1.82, 2.24) is 24.7 Å². The van der Waals surface area contributed by atoms with E-state index in [4.69, 9.17) is 0 Å². The van der Waals surface area contributed by atoms with Crippen LogP contribution in [0, 0.1) is 0 Å². The number of piperazine rings is 1. The lowest BCUT2D eigenvalue weighted by atomic mass is 10.3. The van der Waals surface area contributed by atoms with E-state index in [1.165, 1.54) is 0 Å². The van der Waals surface area contributed by atoms with Crippen molar-refractivity contribution in [2.45, 2.75) is 26.8 Å². The summed E-state index contributed by atoms with van der Waals surface area (Å²) in [6.07, 6.45) is 0. The second-order valence-corrected chi connectivity index (χ2v) is 10.9. The topological polar surface area (TPSA) is 97.3 Å². The molecule has 0 radical (unpaired) electrons. The molecule has 2 aliphatic heterocycles. The number of carbonyl (C=O) groups excluding carboxylic acids is 1. The van der Waals surface area contributed by atoms with Crippen molar-refractivity contribution in [3.8, 4) is 0 Å². The van der Waals surface area contributed by atoms with Gasteiger partial charge >= 0.3 is 0 Å². The molecule has 0 aromatic heterocycles. The average molecular weight is 449 g/mol. The minimum Gasteiger partial charge on any atom is -0.357 e. The van der Waals surface area contributed by atoms with E-state index in [1.807, 2.05) is 20.8 Å². The van der Waals surface area contributed by atoms with Crippen molar-refractivity contribution < 1.29 is 13.2 Å². The van der Waals surface area contributed by atoms with E-state index in [9.17, 15) is 13.2 Å². The molecule has 29 heavy (non-hydrogen) atoms. The molecule has 0 saturated carbocycles. The third-order valence-electron chi connectivity index (χ3n) is 4.80. The first-order chi connectivity index (χ1) is 13.8. The van der Waals surface area contributed by atoms with Gasteiger partial charge in [0.25, 0.3) is 0 Å². The van der Waals surface area contributed by atoms with Crippen molar-refractivity contribution in [3.05, 3.63) is 0 Å². The fraction of sp³-hybridized carbons (Fsp3) is 0.889. The molecule has 2 rings (SSSR count). The molecule has 0 atom stereocenters. The van der Waals surface area contributed by atoms with Crippen LogP contribution in [0.2, 0.25) is 0 Å². The van der Waals surface area contributed by atoms with Crippen molar-refractivity contribution >= 4 is 33.7 Å². The summed E-state index contributed by atoms with van der Waals surface area (Å²) in [6, 6.07) is 0.149. The fourth-order valence-electron chi connectivity index (χ4n) is 3.34. The zero-order chi connectivity index (χ0) is 21.3. The van der Waals surface area contributed by atoms with Gasteiger partial charge < -0.3 is 15.5 Å². The molecular formula is C18H36N6O3S2. The van der Waals surface area contributed by atoms with E-state index >= 15 is 0 Å². The lowest BCUT2D eigenvalue weighted by Gasteiger charge is -2.36. The largest absolute Gasteiger partial charge is 0.357 e. The van der Waals surface area contributed by atoms with Gasteiger partial charge in [-0.1, -0.05) is 0 Å². The lowest BCUT2D eigenvalue weighted by molar-refractivity contribution is -0.123. The summed E-state index contributed by atoms with van der Waals surface area (Å²) >= 11 is 1.80. The molecule has 11 heteroatoms. The van der Waals surface area contributed by atoms with Gasteiger partial charge in [0.1, 0.15) is 0 Å². The normalized spacial score (nSPS) is 20.1. The number of nitrogens with zero attached hydrogens (tertiary/aromatic N) is 4. The number of carbonyl (C=O) groups is 1. The van der Waals surface area contributed by atoms with Gasteiger partial charge in [-0.3, -0.25) is 14.7 Å². The Kier molecular flexibility index (Phi) is 10.0. The summed E-state index contributed by atoms with van der Waals surface area (Å²) in [5.41, 5.74) is 0. The maximum atomic E-state index is 12.5. The standard InChI is InChI=1S/C18H36N6O3S2/c1-4-19-18(20-5-14-29(26,27)24-10-12-28-13-11-24)23-8-6-22(7-9-23)15-17(25)21-16(2)3/h16H,4-15H2,1-3H3,(H,19,20)(H,21,25). The van der Waals surface area contributed by atoms with Crippen LogP contribution < -0.4 is 10.6 Å². The van der Waals surface area contributed by atoms with E-state index in [-0.39, 0.29) is 24.2 Å². The van der Waals surface area contributed by atoms with Crippen LogP contribution in [0.5, 0.6) is 0 Å². The number of guanidine groups is 1. The van der Waals surface area contributed by atoms with Gasteiger partial charge in [-0.2, -0.15) is 11.8 Å². The van der Waals surface area contributed by atoms with Crippen LogP contribution in [0.4, 0.5) is 0 Å². The Morgan fingerprint density at radius 2 is 1.76 bits per heavy atom. The van der Waals surface area contributed by atoms with Gasteiger partial charge in [0.15, 0.2) is 5.96 Å². The molecule has 0 spiro atoms. The van der Waals surface area contributed by atoms with E-state index in [1.54, 1.807) is 16.1 Å². The van der Waals surface area contributed by atoms with E-state index < -0.39 is 10.0 Å². The quantitative estimate of drug-likeness (QED) is 0.381. The molecule has 0 bridgehead atoms. The van der Waals surface area contributed by atoms with Crippen LogP contribution in [0.3, 0.4) is 0 Å². The molecule has 0 unspecified atom stereocenters. The van der Waals surface area contributed by atoms with Crippen molar-refractivity contribution in [1.29, 1.82) is 0 Å². The van der Waals surface area contributed by atoms with Gasteiger partial charge in [0.05, 0.1) is 18.8 Å². The SMILES string of the molecule is CCNC(=NCCS(=O)(=O)N1CCSCC1)N1CCN(CC(=O)NC(C)C)CC1. The van der Waals surface area contributed by atoms with Gasteiger partial charge in [0.2, 0.25) is 15.9 Å². The smallest absolute Gasteiger partial charge is 0.234 e. The number of nitrogens with one attached hydrogen (secondary N) is 2. The van der Waals surface area contributed by atoms with Crippen molar-refractivity contribution in [2.24, 2.45) is 4.99 Å².